The minimum Gasteiger partial charge on any atom is -0.352 e. The van der Waals surface area contributed by atoms with Gasteiger partial charge in [-0.05, 0) is 50.7 Å². The van der Waals surface area contributed by atoms with Crippen molar-refractivity contribution in [3.63, 3.8) is 0 Å². The van der Waals surface area contributed by atoms with Gasteiger partial charge in [-0.2, -0.15) is 0 Å². The van der Waals surface area contributed by atoms with Crippen LogP contribution in [0.25, 0.3) is 0 Å². The van der Waals surface area contributed by atoms with Crippen LogP contribution in [0.5, 0.6) is 0 Å². The average Bonchev–Trinajstić information content (AvgIpc) is 3.59. The number of nitrogens with one attached hydrogen (secondary N) is 1. The maximum Gasteiger partial charge on any atom is 0.254 e. The van der Waals surface area contributed by atoms with Crippen LogP contribution in [0.1, 0.15) is 59.0 Å². The van der Waals surface area contributed by atoms with Gasteiger partial charge in [0.05, 0.1) is 11.3 Å². The van der Waals surface area contributed by atoms with E-state index in [0.717, 1.165) is 56.5 Å². The molecule has 7 heteroatoms. The van der Waals surface area contributed by atoms with Crippen LogP contribution in [-0.4, -0.2) is 51.3 Å². The maximum absolute atomic E-state index is 12.8. The predicted molar refractivity (Wildman–Crippen MR) is 108 cm³/mol. The molecular weight excluding hydrogens is 366 g/mol. The summed E-state index contributed by atoms with van der Waals surface area (Å²) in [6.45, 7) is 3.86. The molecule has 29 heavy (non-hydrogen) atoms. The SMILES string of the molecule is Cc1ncc(C(=O)NCCc2cccnc2)c(C2CCN(C(=O)C3CC3)CC2)n1. The number of aromatic nitrogens is 3. The van der Waals surface area contributed by atoms with Crippen molar-refractivity contribution >= 4 is 11.8 Å². The van der Waals surface area contributed by atoms with Gasteiger partial charge in [-0.3, -0.25) is 14.6 Å². The molecule has 2 fully saturated rings. The number of nitrogens with zero attached hydrogens (tertiary/aromatic N) is 4. The summed E-state index contributed by atoms with van der Waals surface area (Å²) >= 11 is 0. The highest BCUT2D eigenvalue weighted by Gasteiger charge is 2.35. The van der Waals surface area contributed by atoms with E-state index in [1.165, 1.54) is 0 Å². The van der Waals surface area contributed by atoms with E-state index < -0.39 is 0 Å². The smallest absolute Gasteiger partial charge is 0.254 e. The van der Waals surface area contributed by atoms with Gasteiger partial charge < -0.3 is 10.2 Å². The van der Waals surface area contributed by atoms with Gasteiger partial charge in [0.15, 0.2) is 0 Å². The molecule has 7 nitrogen and oxygen atoms in total. The molecule has 0 spiro atoms. The Balaban J connectivity index is 1.39. The Morgan fingerprint density at radius 2 is 1.97 bits per heavy atom. The van der Waals surface area contributed by atoms with Crippen molar-refractivity contribution in [2.45, 2.75) is 44.9 Å². The molecule has 2 amide bonds. The first-order valence-corrected chi connectivity index (χ1v) is 10.4. The Hall–Kier alpha value is -2.83. The molecule has 0 aromatic carbocycles. The zero-order valence-corrected chi connectivity index (χ0v) is 16.8. The standard InChI is InChI=1S/C22H27N5O2/c1-15-25-14-19(21(28)24-10-6-16-3-2-9-23-13-16)20(26-15)17-7-11-27(12-8-17)22(29)18-4-5-18/h2-3,9,13-14,17-18H,4-8,10-12H2,1H3,(H,24,28). The van der Waals surface area contributed by atoms with Gasteiger partial charge in [0, 0.05) is 50.1 Å². The number of carbonyl (C=O) groups is 2. The first-order chi connectivity index (χ1) is 14.1. The Labute approximate surface area is 171 Å². The topological polar surface area (TPSA) is 88.1 Å². The van der Waals surface area contributed by atoms with Gasteiger partial charge in [0.25, 0.3) is 5.91 Å². The second kappa shape index (κ2) is 8.68. The first-order valence-electron chi connectivity index (χ1n) is 10.4. The molecule has 1 N–H and O–H groups in total. The number of piperidine rings is 1. The molecule has 2 aliphatic rings. The van der Waals surface area contributed by atoms with Crippen molar-refractivity contribution in [1.82, 2.24) is 25.2 Å². The maximum atomic E-state index is 12.8. The molecule has 0 atom stereocenters. The van der Waals surface area contributed by atoms with E-state index in [1.807, 2.05) is 30.2 Å². The molecule has 2 aromatic rings. The van der Waals surface area contributed by atoms with Crippen LogP contribution in [0.3, 0.4) is 0 Å². The highest BCUT2D eigenvalue weighted by Crippen LogP contribution is 2.34. The van der Waals surface area contributed by atoms with Crippen LogP contribution in [0.15, 0.2) is 30.7 Å². The monoisotopic (exact) mass is 393 g/mol. The van der Waals surface area contributed by atoms with Gasteiger partial charge in [-0.1, -0.05) is 6.07 Å². The van der Waals surface area contributed by atoms with Gasteiger partial charge in [-0.25, -0.2) is 9.97 Å². The summed E-state index contributed by atoms with van der Waals surface area (Å²) in [6, 6.07) is 3.89. The third-order valence-corrected chi connectivity index (χ3v) is 5.73. The van der Waals surface area contributed by atoms with E-state index >= 15 is 0 Å². The number of rotatable bonds is 6. The molecule has 152 valence electrons. The van der Waals surface area contributed by atoms with E-state index in [1.54, 1.807) is 12.4 Å². The molecule has 0 bridgehead atoms. The van der Waals surface area contributed by atoms with Crippen molar-refractivity contribution in [2.75, 3.05) is 19.6 Å². The summed E-state index contributed by atoms with van der Waals surface area (Å²) in [6.07, 6.45) is 9.66. The van der Waals surface area contributed by atoms with Gasteiger partial charge in [0.2, 0.25) is 5.91 Å². The van der Waals surface area contributed by atoms with E-state index in [2.05, 4.69) is 20.3 Å². The lowest BCUT2D eigenvalue weighted by atomic mass is 9.90. The minimum absolute atomic E-state index is 0.139. The van der Waals surface area contributed by atoms with Crippen LogP contribution in [0.4, 0.5) is 0 Å². The largest absolute Gasteiger partial charge is 0.352 e. The van der Waals surface area contributed by atoms with E-state index in [9.17, 15) is 9.59 Å². The van der Waals surface area contributed by atoms with Crippen molar-refractivity contribution in [2.24, 2.45) is 5.92 Å². The molecular formula is C22H27N5O2. The fraction of sp³-hybridized carbons (Fsp3) is 0.500. The normalized spacial score (nSPS) is 17.2. The fourth-order valence-corrected chi connectivity index (χ4v) is 3.90. The number of hydrogen-bond donors (Lipinski definition) is 1. The highest BCUT2D eigenvalue weighted by atomic mass is 16.2. The van der Waals surface area contributed by atoms with Crippen molar-refractivity contribution in [3.05, 3.63) is 53.4 Å². The van der Waals surface area contributed by atoms with Crippen molar-refractivity contribution < 1.29 is 9.59 Å². The van der Waals surface area contributed by atoms with Gasteiger partial charge in [-0.15, -0.1) is 0 Å². The molecule has 0 radical (unpaired) electrons. The average molecular weight is 393 g/mol. The molecule has 0 unspecified atom stereocenters. The summed E-state index contributed by atoms with van der Waals surface area (Å²) in [4.78, 5) is 40.1. The zero-order chi connectivity index (χ0) is 20.2. The molecule has 1 saturated carbocycles. The number of pyridine rings is 1. The lowest BCUT2D eigenvalue weighted by Gasteiger charge is -2.32. The molecule has 1 aliphatic heterocycles. The summed E-state index contributed by atoms with van der Waals surface area (Å²) in [5.74, 6) is 1.27. The number of likely N-dealkylation sites (tertiary alicyclic amines) is 1. The number of carbonyl (C=O) groups excluding carboxylic acids is 2. The quantitative estimate of drug-likeness (QED) is 0.813. The summed E-state index contributed by atoms with van der Waals surface area (Å²) in [5.41, 5.74) is 2.45. The molecule has 1 saturated heterocycles. The van der Waals surface area contributed by atoms with Crippen LogP contribution in [-0.2, 0) is 11.2 Å². The first kappa shape index (κ1) is 19.5. The summed E-state index contributed by atoms with van der Waals surface area (Å²) in [7, 11) is 0. The zero-order valence-electron chi connectivity index (χ0n) is 16.8. The van der Waals surface area contributed by atoms with Crippen molar-refractivity contribution in [3.8, 4) is 0 Å². The van der Waals surface area contributed by atoms with E-state index in [0.29, 0.717) is 23.8 Å². The third-order valence-electron chi connectivity index (χ3n) is 5.73. The number of aryl methyl sites for hydroxylation is 1. The molecule has 1 aliphatic carbocycles. The highest BCUT2D eigenvalue weighted by molar-refractivity contribution is 5.95. The van der Waals surface area contributed by atoms with Crippen LogP contribution in [0, 0.1) is 12.8 Å². The van der Waals surface area contributed by atoms with Crippen LogP contribution in [0.2, 0.25) is 0 Å². The van der Waals surface area contributed by atoms with Gasteiger partial charge in [0.1, 0.15) is 5.82 Å². The fourth-order valence-electron chi connectivity index (χ4n) is 3.90. The Morgan fingerprint density at radius 3 is 2.66 bits per heavy atom. The van der Waals surface area contributed by atoms with Crippen LogP contribution < -0.4 is 5.32 Å². The molecule has 3 heterocycles. The third kappa shape index (κ3) is 4.78. The van der Waals surface area contributed by atoms with E-state index in [4.69, 9.17) is 0 Å². The second-order valence-electron chi connectivity index (χ2n) is 7.96. The lowest BCUT2D eigenvalue weighted by molar-refractivity contribution is -0.133. The Kier molecular flexibility index (Phi) is 5.83. The van der Waals surface area contributed by atoms with Gasteiger partial charge >= 0.3 is 0 Å². The Bertz CT molecular complexity index is 874. The van der Waals surface area contributed by atoms with E-state index in [-0.39, 0.29) is 17.7 Å². The summed E-state index contributed by atoms with van der Waals surface area (Å²) in [5, 5.41) is 2.99. The molecule has 4 rings (SSSR count). The molecule has 2 aromatic heterocycles. The lowest BCUT2D eigenvalue weighted by Crippen LogP contribution is -2.39. The second-order valence-corrected chi connectivity index (χ2v) is 7.96. The van der Waals surface area contributed by atoms with Crippen LogP contribution >= 0.6 is 0 Å². The number of hydrogen-bond acceptors (Lipinski definition) is 5. The predicted octanol–water partition coefficient (Wildman–Crippen LogP) is 2.27. The summed E-state index contributed by atoms with van der Waals surface area (Å²) < 4.78 is 0. The van der Waals surface area contributed by atoms with Crippen molar-refractivity contribution in [1.29, 1.82) is 0 Å². The minimum atomic E-state index is -0.139. The number of amides is 2. The Morgan fingerprint density at radius 1 is 1.17 bits per heavy atom.